The number of thioether (sulfide) groups is 1. The van der Waals surface area contributed by atoms with Crippen molar-refractivity contribution in [1.82, 2.24) is 19.7 Å². The van der Waals surface area contributed by atoms with E-state index in [0.717, 1.165) is 15.9 Å². The van der Waals surface area contributed by atoms with Crippen LogP contribution in [0.25, 0.3) is 21.5 Å². The van der Waals surface area contributed by atoms with Crippen molar-refractivity contribution in [3.63, 3.8) is 0 Å². The Balaban J connectivity index is 1.59. The van der Waals surface area contributed by atoms with E-state index in [2.05, 4.69) is 21.3 Å². The fraction of sp³-hybridized carbons (Fsp3) is 0.0526. The molecule has 4 aromatic rings. The summed E-state index contributed by atoms with van der Waals surface area (Å²) >= 11 is 8.70. The first-order chi connectivity index (χ1) is 13.7. The molecule has 2 aromatic carbocycles. The van der Waals surface area contributed by atoms with Crippen LogP contribution >= 0.6 is 34.7 Å². The van der Waals surface area contributed by atoms with E-state index >= 15 is 0 Å². The SMILES string of the molecule is N#C/C(=C(/O)CSc1nncn1-c1cccc(Cl)c1)c1nc2ccccc2s1. The van der Waals surface area contributed by atoms with Crippen LogP contribution in [-0.2, 0) is 0 Å². The molecule has 0 aliphatic heterocycles. The van der Waals surface area contributed by atoms with Gasteiger partial charge in [0, 0.05) is 5.02 Å². The van der Waals surface area contributed by atoms with Crippen LogP contribution in [0, 0.1) is 11.3 Å². The van der Waals surface area contributed by atoms with Gasteiger partial charge in [-0.1, -0.05) is 41.6 Å². The molecule has 0 bridgehead atoms. The number of aliphatic hydroxyl groups is 1. The zero-order chi connectivity index (χ0) is 19.5. The second kappa shape index (κ2) is 8.02. The van der Waals surface area contributed by atoms with Gasteiger partial charge in [0.15, 0.2) is 5.16 Å². The summed E-state index contributed by atoms with van der Waals surface area (Å²) in [4.78, 5) is 4.45. The molecule has 0 fully saturated rings. The van der Waals surface area contributed by atoms with Crippen LogP contribution in [0.4, 0.5) is 0 Å². The summed E-state index contributed by atoms with van der Waals surface area (Å²) in [6.45, 7) is 0. The first-order valence-electron chi connectivity index (χ1n) is 8.12. The minimum atomic E-state index is -0.0489. The summed E-state index contributed by atoms with van der Waals surface area (Å²) in [7, 11) is 0. The highest BCUT2D eigenvalue weighted by atomic mass is 35.5. The maximum absolute atomic E-state index is 10.5. The summed E-state index contributed by atoms with van der Waals surface area (Å²) in [5.41, 5.74) is 1.79. The summed E-state index contributed by atoms with van der Waals surface area (Å²) in [5.74, 6) is 0.116. The van der Waals surface area contributed by atoms with E-state index in [1.807, 2.05) is 36.4 Å². The quantitative estimate of drug-likeness (QED) is 0.271. The predicted molar refractivity (Wildman–Crippen MR) is 112 cm³/mol. The Morgan fingerprint density at radius 1 is 1.25 bits per heavy atom. The second-order valence-corrected chi connectivity index (χ2v) is 8.08. The van der Waals surface area contributed by atoms with E-state index in [-0.39, 0.29) is 17.1 Å². The van der Waals surface area contributed by atoms with Crippen LogP contribution in [0.1, 0.15) is 5.01 Å². The van der Waals surface area contributed by atoms with Crippen LogP contribution in [0.15, 0.2) is 65.8 Å². The molecular weight excluding hydrogens is 414 g/mol. The van der Waals surface area contributed by atoms with E-state index in [1.165, 1.54) is 23.1 Å². The number of allylic oxidation sites excluding steroid dienone is 1. The molecular formula is C19H12ClN5OS2. The van der Waals surface area contributed by atoms with Crippen molar-refractivity contribution in [2.75, 3.05) is 5.75 Å². The smallest absolute Gasteiger partial charge is 0.196 e. The number of nitrogens with zero attached hydrogens (tertiary/aromatic N) is 5. The number of halogens is 1. The number of benzene rings is 2. The Morgan fingerprint density at radius 3 is 2.89 bits per heavy atom. The third kappa shape index (κ3) is 3.73. The van der Waals surface area contributed by atoms with E-state index in [0.29, 0.717) is 15.2 Å². The van der Waals surface area contributed by atoms with Crippen LogP contribution in [0.3, 0.4) is 0 Å². The lowest BCUT2D eigenvalue weighted by Gasteiger charge is -2.07. The van der Waals surface area contributed by atoms with Crippen molar-refractivity contribution in [3.8, 4) is 11.8 Å². The minimum absolute atomic E-state index is 0.0489. The molecule has 6 nitrogen and oxygen atoms in total. The molecule has 0 aliphatic rings. The zero-order valence-electron chi connectivity index (χ0n) is 14.3. The Morgan fingerprint density at radius 2 is 2.11 bits per heavy atom. The van der Waals surface area contributed by atoms with Crippen molar-refractivity contribution in [3.05, 3.63) is 70.6 Å². The number of rotatable bonds is 5. The van der Waals surface area contributed by atoms with Gasteiger partial charge >= 0.3 is 0 Å². The molecule has 2 aromatic heterocycles. The van der Waals surface area contributed by atoms with Crippen molar-refractivity contribution < 1.29 is 5.11 Å². The Hall–Kier alpha value is -2.86. The van der Waals surface area contributed by atoms with Gasteiger partial charge < -0.3 is 5.11 Å². The number of aliphatic hydroxyl groups excluding tert-OH is 1. The molecule has 0 aliphatic carbocycles. The third-order valence-electron chi connectivity index (χ3n) is 3.85. The standard InChI is InChI=1S/C19H12ClN5OS2/c20-12-4-3-5-13(8-12)25-11-22-24-19(25)27-10-16(26)14(9-21)18-23-15-6-1-2-7-17(15)28-18/h1-8,11,26H,10H2/b16-14-. The number of thiazole rings is 1. The lowest BCUT2D eigenvalue weighted by molar-refractivity contribution is 0.420. The molecule has 0 saturated heterocycles. The van der Waals surface area contributed by atoms with E-state index in [9.17, 15) is 10.4 Å². The second-order valence-electron chi connectivity index (χ2n) is 5.67. The molecule has 0 saturated carbocycles. The summed E-state index contributed by atoms with van der Waals surface area (Å²) in [6.07, 6.45) is 1.58. The Bertz CT molecular complexity index is 1190. The number of para-hydroxylation sites is 1. The number of hydrogen-bond donors (Lipinski definition) is 1. The van der Waals surface area contributed by atoms with Gasteiger partial charge in [0.05, 0.1) is 21.7 Å². The highest BCUT2D eigenvalue weighted by Gasteiger charge is 2.15. The molecule has 0 atom stereocenters. The highest BCUT2D eigenvalue weighted by Crippen LogP contribution is 2.30. The van der Waals surface area contributed by atoms with Gasteiger partial charge in [-0.2, -0.15) is 5.26 Å². The fourth-order valence-electron chi connectivity index (χ4n) is 2.55. The Kier molecular flexibility index (Phi) is 5.30. The lowest BCUT2D eigenvalue weighted by atomic mass is 10.2. The largest absolute Gasteiger partial charge is 0.510 e. The lowest BCUT2D eigenvalue weighted by Crippen LogP contribution is -1.98. The number of aromatic nitrogens is 4. The van der Waals surface area contributed by atoms with Crippen LogP contribution in [0.5, 0.6) is 0 Å². The first kappa shape index (κ1) is 18.5. The normalized spacial score (nSPS) is 12.0. The maximum Gasteiger partial charge on any atom is 0.196 e. The monoisotopic (exact) mass is 425 g/mol. The third-order valence-corrected chi connectivity index (χ3v) is 6.09. The van der Waals surface area contributed by atoms with E-state index < -0.39 is 0 Å². The van der Waals surface area contributed by atoms with Crippen LogP contribution < -0.4 is 0 Å². The average Bonchev–Trinajstić information content (AvgIpc) is 3.33. The van der Waals surface area contributed by atoms with Crippen molar-refractivity contribution in [2.24, 2.45) is 0 Å². The molecule has 9 heteroatoms. The zero-order valence-corrected chi connectivity index (χ0v) is 16.7. The van der Waals surface area contributed by atoms with Crippen LogP contribution in [-0.4, -0.2) is 30.6 Å². The summed E-state index contributed by atoms with van der Waals surface area (Å²) < 4.78 is 2.74. The molecule has 138 valence electrons. The molecule has 1 N–H and O–H groups in total. The van der Waals surface area contributed by atoms with Crippen LogP contribution in [0.2, 0.25) is 5.02 Å². The van der Waals surface area contributed by atoms with Gasteiger partial charge in [0.2, 0.25) is 0 Å². The van der Waals surface area contributed by atoms with Gasteiger partial charge in [-0.3, -0.25) is 4.57 Å². The molecule has 0 spiro atoms. The van der Waals surface area contributed by atoms with Gasteiger partial charge in [-0.25, -0.2) is 4.98 Å². The average molecular weight is 426 g/mol. The topological polar surface area (TPSA) is 87.6 Å². The van der Waals surface area contributed by atoms with E-state index in [4.69, 9.17) is 11.6 Å². The highest BCUT2D eigenvalue weighted by molar-refractivity contribution is 7.99. The van der Waals surface area contributed by atoms with Crippen molar-refractivity contribution >= 4 is 50.5 Å². The summed E-state index contributed by atoms with van der Waals surface area (Å²) in [6, 6.07) is 17.0. The number of hydrogen-bond acceptors (Lipinski definition) is 7. The minimum Gasteiger partial charge on any atom is -0.510 e. The van der Waals surface area contributed by atoms with Crippen molar-refractivity contribution in [1.29, 1.82) is 5.26 Å². The Labute approximate surface area is 173 Å². The van der Waals surface area contributed by atoms with Gasteiger partial charge in [0.1, 0.15) is 28.7 Å². The predicted octanol–water partition coefficient (Wildman–Crippen LogP) is 5.12. The van der Waals surface area contributed by atoms with Gasteiger partial charge in [0.25, 0.3) is 0 Å². The maximum atomic E-state index is 10.5. The molecule has 0 amide bonds. The number of nitriles is 1. The molecule has 0 radical (unpaired) electrons. The van der Waals surface area contributed by atoms with Gasteiger partial charge in [-0.15, -0.1) is 21.5 Å². The van der Waals surface area contributed by atoms with Gasteiger partial charge in [-0.05, 0) is 30.3 Å². The number of fused-ring (bicyclic) bond motifs is 1. The first-order valence-corrected chi connectivity index (χ1v) is 10.3. The molecule has 0 unspecified atom stereocenters. The summed E-state index contributed by atoms with van der Waals surface area (Å²) in [5, 5.41) is 29.8. The molecule has 4 rings (SSSR count). The fourth-order valence-corrected chi connectivity index (χ4v) is 4.52. The molecule has 2 heterocycles. The van der Waals surface area contributed by atoms with E-state index in [1.54, 1.807) is 23.0 Å². The molecule has 28 heavy (non-hydrogen) atoms. The van der Waals surface area contributed by atoms with Crippen molar-refractivity contribution in [2.45, 2.75) is 5.16 Å².